The van der Waals surface area contributed by atoms with Crippen LogP contribution in [0.15, 0.2) is 0 Å². The van der Waals surface area contributed by atoms with E-state index >= 15 is 0 Å². The average molecular weight is 215 g/mol. The second-order valence-corrected chi connectivity index (χ2v) is 6.60. The number of hydrogen-bond donors (Lipinski definition) is 2. The lowest BCUT2D eigenvalue weighted by molar-refractivity contribution is 0.0870. The van der Waals surface area contributed by atoms with Crippen LogP contribution in [0.1, 0.15) is 60.8 Å². The smallest absolute Gasteiger partial charge is 0.0560 e. The number of hydrogen-bond acceptors (Lipinski definition) is 2. The first-order valence-electron chi connectivity index (χ1n) is 6.02. The van der Waals surface area contributed by atoms with Crippen molar-refractivity contribution in [2.75, 3.05) is 0 Å². The SMILES string of the molecule is CCC(C)(C)C(N)CC(O)CC(C)(C)C. The van der Waals surface area contributed by atoms with Crippen molar-refractivity contribution in [2.24, 2.45) is 16.6 Å². The van der Waals surface area contributed by atoms with E-state index in [2.05, 4.69) is 41.5 Å². The second-order valence-electron chi connectivity index (χ2n) is 6.60. The van der Waals surface area contributed by atoms with Crippen LogP contribution in [0, 0.1) is 10.8 Å². The zero-order chi connectivity index (χ0) is 12.3. The Bertz CT molecular complexity index is 181. The van der Waals surface area contributed by atoms with E-state index in [4.69, 9.17) is 5.73 Å². The molecule has 92 valence electrons. The molecule has 0 fully saturated rings. The fourth-order valence-corrected chi connectivity index (χ4v) is 1.66. The van der Waals surface area contributed by atoms with Gasteiger partial charge in [0.25, 0.3) is 0 Å². The molecule has 0 aromatic heterocycles. The van der Waals surface area contributed by atoms with Gasteiger partial charge in [-0.05, 0) is 30.1 Å². The van der Waals surface area contributed by atoms with E-state index < -0.39 is 0 Å². The van der Waals surface area contributed by atoms with Gasteiger partial charge in [-0.1, -0.05) is 41.5 Å². The van der Waals surface area contributed by atoms with Gasteiger partial charge in [-0.3, -0.25) is 0 Å². The van der Waals surface area contributed by atoms with E-state index in [1.54, 1.807) is 0 Å². The predicted octanol–water partition coefficient (Wildman–Crippen LogP) is 2.94. The van der Waals surface area contributed by atoms with Crippen LogP contribution in [0.4, 0.5) is 0 Å². The third-order valence-electron chi connectivity index (χ3n) is 3.29. The predicted molar refractivity (Wildman–Crippen MR) is 66.7 cm³/mol. The molecular weight excluding hydrogens is 186 g/mol. The molecule has 0 bridgehead atoms. The lowest BCUT2D eigenvalue weighted by Crippen LogP contribution is -2.40. The van der Waals surface area contributed by atoms with E-state index in [0.717, 1.165) is 12.8 Å². The van der Waals surface area contributed by atoms with E-state index in [1.807, 2.05) is 0 Å². The maximum absolute atomic E-state index is 9.93. The molecule has 0 heterocycles. The van der Waals surface area contributed by atoms with Crippen molar-refractivity contribution in [2.45, 2.75) is 73.0 Å². The first kappa shape index (κ1) is 14.9. The van der Waals surface area contributed by atoms with E-state index in [-0.39, 0.29) is 23.0 Å². The summed E-state index contributed by atoms with van der Waals surface area (Å²) in [6.07, 6.45) is 2.31. The van der Waals surface area contributed by atoms with Gasteiger partial charge in [0.2, 0.25) is 0 Å². The fraction of sp³-hybridized carbons (Fsp3) is 1.00. The van der Waals surface area contributed by atoms with E-state index in [1.165, 1.54) is 0 Å². The maximum atomic E-state index is 9.93. The van der Waals surface area contributed by atoms with Crippen LogP contribution in [0.2, 0.25) is 0 Å². The summed E-state index contributed by atoms with van der Waals surface area (Å²) in [5, 5.41) is 9.93. The van der Waals surface area contributed by atoms with Gasteiger partial charge in [0.15, 0.2) is 0 Å². The molecule has 0 aliphatic rings. The van der Waals surface area contributed by atoms with Crippen molar-refractivity contribution in [1.29, 1.82) is 0 Å². The second kappa shape index (κ2) is 5.31. The Balaban J connectivity index is 4.13. The minimum atomic E-state index is -0.272. The van der Waals surface area contributed by atoms with Gasteiger partial charge in [-0.2, -0.15) is 0 Å². The molecule has 2 unspecified atom stereocenters. The normalized spacial score (nSPS) is 17.6. The minimum Gasteiger partial charge on any atom is -0.393 e. The van der Waals surface area contributed by atoms with Gasteiger partial charge in [0.1, 0.15) is 0 Å². The molecule has 2 heteroatoms. The Morgan fingerprint density at radius 1 is 1.13 bits per heavy atom. The third kappa shape index (κ3) is 6.16. The summed E-state index contributed by atoms with van der Waals surface area (Å²) in [6.45, 7) is 12.9. The number of aliphatic hydroxyl groups is 1. The summed E-state index contributed by atoms with van der Waals surface area (Å²) >= 11 is 0. The summed E-state index contributed by atoms with van der Waals surface area (Å²) < 4.78 is 0. The Morgan fingerprint density at radius 2 is 1.60 bits per heavy atom. The van der Waals surface area contributed by atoms with Gasteiger partial charge in [0.05, 0.1) is 6.10 Å². The Morgan fingerprint density at radius 3 is 1.93 bits per heavy atom. The van der Waals surface area contributed by atoms with Gasteiger partial charge in [-0.25, -0.2) is 0 Å². The Hall–Kier alpha value is -0.0800. The summed E-state index contributed by atoms with van der Waals surface area (Å²) in [5.74, 6) is 0. The standard InChI is InChI=1S/C13H29NO/c1-7-13(5,6)11(14)8-10(15)9-12(2,3)4/h10-11,15H,7-9,14H2,1-6H3. The molecule has 0 spiro atoms. The van der Waals surface area contributed by atoms with Crippen LogP contribution in [0.3, 0.4) is 0 Å². The molecule has 0 aromatic rings. The van der Waals surface area contributed by atoms with Crippen molar-refractivity contribution in [1.82, 2.24) is 0 Å². The van der Waals surface area contributed by atoms with Crippen LogP contribution >= 0.6 is 0 Å². The van der Waals surface area contributed by atoms with Crippen molar-refractivity contribution in [3.8, 4) is 0 Å². The highest BCUT2D eigenvalue weighted by atomic mass is 16.3. The van der Waals surface area contributed by atoms with Crippen LogP contribution in [-0.4, -0.2) is 17.3 Å². The molecule has 0 radical (unpaired) electrons. The zero-order valence-corrected chi connectivity index (χ0v) is 11.3. The fourth-order valence-electron chi connectivity index (χ4n) is 1.66. The number of aliphatic hydroxyl groups excluding tert-OH is 1. The largest absolute Gasteiger partial charge is 0.393 e. The molecule has 0 saturated heterocycles. The molecule has 15 heavy (non-hydrogen) atoms. The lowest BCUT2D eigenvalue weighted by Gasteiger charge is -2.33. The molecule has 0 rings (SSSR count). The summed E-state index contributed by atoms with van der Waals surface area (Å²) in [7, 11) is 0. The average Bonchev–Trinajstić information content (AvgIpc) is 2.00. The summed E-state index contributed by atoms with van der Waals surface area (Å²) in [6, 6.07) is 0.0832. The summed E-state index contributed by atoms with van der Waals surface area (Å²) in [5.41, 5.74) is 6.42. The lowest BCUT2D eigenvalue weighted by atomic mass is 9.78. The zero-order valence-electron chi connectivity index (χ0n) is 11.3. The molecule has 0 saturated carbocycles. The third-order valence-corrected chi connectivity index (χ3v) is 3.29. The van der Waals surface area contributed by atoms with Crippen molar-refractivity contribution in [3.05, 3.63) is 0 Å². The van der Waals surface area contributed by atoms with Crippen LogP contribution < -0.4 is 5.73 Å². The number of rotatable bonds is 5. The molecule has 0 amide bonds. The van der Waals surface area contributed by atoms with Gasteiger partial charge in [0, 0.05) is 6.04 Å². The van der Waals surface area contributed by atoms with Gasteiger partial charge < -0.3 is 10.8 Å². The van der Waals surface area contributed by atoms with E-state index in [0.29, 0.717) is 6.42 Å². The molecule has 0 aromatic carbocycles. The highest BCUT2D eigenvalue weighted by molar-refractivity contribution is 4.83. The Labute approximate surface area is 95.3 Å². The first-order valence-corrected chi connectivity index (χ1v) is 6.02. The van der Waals surface area contributed by atoms with Crippen LogP contribution in [-0.2, 0) is 0 Å². The first-order chi connectivity index (χ1) is 6.58. The van der Waals surface area contributed by atoms with Crippen molar-refractivity contribution >= 4 is 0 Å². The van der Waals surface area contributed by atoms with Crippen LogP contribution in [0.25, 0.3) is 0 Å². The highest BCUT2D eigenvalue weighted by Gasteiger charge is 2.27. The molecule has 3 N–H and O–H groups in total. The van der Waals surface area contributed by atoms with Gasteiger partial charge in [-0.15, -0.1) is 0 Å². The van der Waals surface area contributed by atoms with Crippen LogP contribution in [0.5, 0.6) is 0 Å². The van der Waals surface area contributed by atoms with E-state index in [9.17, 15) is 5.11 Å². The minimum absolute atomic E-state index is 0.0832. The quantitative estimate of drug-likeness (QED) is 0.740. The highest BCUT2D eigenvalue weighted by Crippen LogP contribution is 2.29. The Kier molecular flexibility index (Phi) is 5.28. The maximum Gasteiger partial charge on any atom is 0.0560 e. The van der Waals surface area contributed by atoms with Gasteiger partial charge >= 0.3 is 0 Å². The molecule has 0 aliphatic carbocycles. The molecule has 0 aliphatic heterocycles. The number of nitrogens with two attached hydrogens (primary N) is 1. The molecular formula is C13H29NO. The van der Waals surface area contributed by atoms with Crippen molar-refractivity contribution in [3.63, 3.8) is 0 Å². The molecule has 2 nitrogen and oxygen atoms in total. The van der Waals surface area contributed by atoms with Crippen molar-refractivity contribution < 1.29 is 5.11 Å². The molecule has 2 atom stereocenters. The monoisotopic (exact) mass is 215 g/mol. The summed E-state index contributed by atoms with van der Waals surface area (Å²) in [4.78, 5) is 0. The topological polar surface area (TPSA) is 46.2 Å².